The number of aromatic nitrogens is 1. The third-order valence-corrected chi connectivity index (χ3v) is 22.2. The number of aliphatic carboxylic acids is 1. The molecule has 1 aliphatic rings. The van der Waals surface area contributed by atoms with Crippen LogP contribution in [0.2, 0.25) is 0 Å². The fourth-order valence-electron chi connectivity index (χ4n) is 11.7. The van der Waals surface area contributed by atoms with Gasteiger partial charge in [-0.15, -0.1) is 11.8 Å². The number of carbonyl (C=O) groups is 11. The van der Waals surface area contributed by atoms with Crippen LogP contribution < -0.4 is 32.3 Å². The summed E-state index contributed by atoms with van der Waals surface area (Å²) in [5.41, 5.74) is 2.15. The number of imide groups is 1. The van der Waals surface area contributed by atoms with E-state index in [0.29, 0.717) is 206 Å². The highest BCUT2D eigenvalue weighted by Gasteiger charge is 2.39. The Balaban J connectivity index is 0.00000238. The van der Waals surface area contributed by atoms with Crippen molar-refractivity contribution in [1.29, 1.82) is 0 Å². The number of halogens is 2. The third kappa shape index (κ3) is 74.1. The van der Waals surface area contributed by atoms with Crippen molar-refractivity contribution in [3.63, 3.8) is 0 Å². The summed E-state index contributed by atoms with van der Waals surface area (Å²) in [6.07, 6.45) is -0.818. The lowest BCUT2D eigenvalue weighted by Crippen LogP contribution is -2.40. The van der Waals surface area contributed by atoms with Crippen molar-refractivity contribution >= 4 is 111 Å². The average molecular weight is 2280 g/mol. The van der Waals surface area contributed by atoms with Gasteiger partial charge >= 0.3 is 29.8 Å². The van der Waals surface area contributed by atoms with E-state index in [4.69, 9.17) is 139 Å². The molecule has 0 saturated carbocycles. The Labute approximate surface area is 889 Å². The number of carboxylic acid groups (broad SMARTS) is 1. The predicted molar refractivity (Wildman–Crippen MR) is 541 cm³/mol. The molecule has 10 atom stereocenters. The summed E-state index contributed by atoms with van der Waals surface area (Å²) in [6.45, 7) is 19.4. The van der Waals surface area contributed by atoms with Crippen molar-refractivity contribution in [2.24, 2.45) is 7.05 Å². The van der Waals surface area contributed by atoms with Crippen LogP contribution in [0.5, 0.6) is 0 Å². The van der Waals surface area contributed by atoms with Crippen LogP contribution in [-0.4, -0.2) is 445 Å². The summed E-state index contributed by atoms with van der Waals surface area (Å²) >= 11 is 3.27. The smallest absolute Gasteiger partial charge is 0.328 e. The zero-order valence-electron chi connectivity index (χ0n) is 88.2. The Morgan fingerprint density at radius 1 is 0.477 bits per heavy atom. The molecule has 862 valence electrons. The fourth-order valence-corrected chi connectivity index (χ4v) is 13.2. The van der Waals surface area contributed by atoms with Gasteiger partial charge in [-0.3, -0.25) is 67.0 Å². The van der Waals surface area contributed by atoms with Crippen molar-refractivity contribution in [3.8, 4) is 0 Å². The molecule has 11 N–H and O–H groups in total. The molecule has 9 unspecified atom stereocenters. The molecule has 0 bridgehead atoms. The van der Waals surface area contributed by atoms with Gasteiger partial charge < -0.3 is 166 Å². The molecule has 0 radical (unpaired) electrons. The summed E-state index contributed by atoms with van der Waals surface area (Å²) < 4.78 is 144. The van der Waals surface area contributed by atoms with Gasteiger partial charge in [0.1, 0.15) is 50.7 Å². The highest BCUT2D eigenvalue weighted by molar-refractivity contribution is 14.1. The second-order valence-electron chi connectivity index (χ2n) is 31.8. The lowest BCUT2D eigenvalue weighted by atomic mass is 10.1. The van der Waals surface area contributed by atoms with E-state index in [1.807, 2.05) is 50.3 Å². The molecule has 1 fully saturated rings. The number of nitrogens with zero attached hydrogens (tertiary/aromatic N) is 2. The number of nitrogens with one attached hydrogen (secondary N) is 5. The van der Waals surface area contributed by atoms with E-state index in [9.17, 15) is 72.1 Å². The number of pyridine rings is 1. The number of rotatable bonds is 91. The Bertz CT molecular complexity index is 3890. The number of carboxylic acids is 1. The lowest BCUT2D eigenvalue weighted by Gasteiger charge is -2.21. The minimum atomic E-state index is -0.999. The molecule has 50 nitrogen and oxygen atoms in total. The number of esters is 4. The van der Waals surface area contributed by atoms with Crippen LogP contribution in [0.15, 0.2) is 29.1 Å². The number of benzene rings is 1. The first kappa shape index (κ1) is 141. The molecule has 0 spiro atoms. The Kier molecular flexibility index (Phi) is 90.1. The molecule has 2 heterocycles. The standard InChI is InChI=1S/C46H85N3O21S.C31H42FIN4O11.C12H22O7.C7H16O4/c1-4-39(37-50)70-45(56-3)38-69-44(54)7-5-6-42(52)48-9-35-71-40-36-43(53)49(46(40)55)10-12-58-14-16-60-18-20-62-22-24-64-26-28-66-30-32-68-34-33-67-31-29-65-27-25-63-23-21-61-19-17-59-15-13-57-11-8-41(51)47-2;1-6-21(16-38)48-27(44-5)17-46-26(40)9-7-8-25(39)34-19(3)31(43)45-12-13-47-36-29(41)22-14-18(2)30(42)37(4)28(22)35-24-11-10-20(33)15-23(24)32;1-3-9(7-13)19-12(17-2)8-18-11(16)6-4-5-10(14)15;1-3-6(4-8)11-7(5-9)10-2/h39-40,45,50H,4-38H2,1-3H3,(H,47,51)(H,48,52);10-11,14-15,19,21,27,35,38H,6-9,12-13,16-17H2,1-5H3,(H,34,39)(H,36,41);9,12-13H,3-8H2,1-2H3,(H,14,15);6-9H,3-5H2,1-2H3/t;19-,21?,27?;;/m.0../s1. The maximum atomic E-state index is 14.5. The summed E-state index contributed by atoms with van der Waals surface area (Å²) in [6, 6.07) is 4.78. The molecule has 3 rings (SSSR count). The van der Waals surface area contributed by atoms with Crippen LogP contribution in [0, 0.1) is 16.3 Å². The van der Waals surface area contributed by atoms with Crippen LogP contribution in [0.25, 0.3) is 0 Å². The first-order valence-corrected chi connectivity index (χ1v) is 51.6. The maximum Gasteiger partial charge on any atom is 0.328 e. The van der Waals surface area contributed by atoms with Gasteiger partial charge in [0, 0.05) is 115 Å². The number of hydroxylamine groups is 1. The van der Waals surface area contributed by atoms with Crippen molar-refractivity contribution in [2.75, 3.05) is 284 Å². The minimum absolute atomic E-state index is 0.00508. The van der Waals surface area contributed by atoms with E-state index in [1.54, 1.807) is 13.1 Å². The van der Waals surface area contributed by atoms with E-state index < -0.39 is 96.1 Å². The molecule has 149 heavy (non-hydrogen) atoms. The van der Waals surface area contributed by atoms with Crippen LogP contribution in [-0.2, 0) is 174 Å². The molecular weight excluding hydrogens is 2120 g/mol. The molecule has 2 aromatic rings. The van der Waals surface area contributed by atoms with Crippen LogP contribution in [0.4, 0.5) is 15.9 Å². The maximum absolute atomic E-state index is 14.5. The summed E-state index contributed by atoms with van der Waals surface area (Å²) in [4.78, 5) is 150. The van der Waals surface area contributed by atoms with E-state index >= 15 is 0 Å². The van der Waals surface area contributed by atoms with Crippen LogP contribution in [0.1, 0.15) is 147 Å². The Morgan fingerprint density at radius 2 is 0.859 bits per heavy atom. The zero-order chi connectivity index (χ0) is 111. The van der Waals surface area contributed by atoms with Crippen molar-refractivity contribution in [1.82, 2.24) is 30.9 Å². The number of anilines is 2. The Hall–Kier alpha value is -7.69. The summed E-state index contributed by atoms with van der Waals surface area (Å²) in [7, 11) is 8.69. The van der Waals surface area contributed by atoms with Gasteiger partial charge in [0.25, 0.3) is 11.5 Å². The highest BCUT2D eigenvalue weighted by Crippen LogP contribution is 2.27. The molecular formula is C96H165FIN7O43S. The van der Waals surface area contributed by atoms with Gasteiger partial charge in [0.2, 0.25) is 29.5 Å². The van der Waals surface area contributed by atoms with Crippen molar-refractivity contribution < 1.29 is 206 Å². The number of hydrogen-bond acceptors (Lipinski definition) is 44. The topological polar surface area (TPSA) is 625 Å². The van der Waals surface area contributed by atoms with Crippen molar-refractivity contribution in [2.45, 2.75) is 199 Å². The van der Waals surface area contributed by atoms with Gasteiger partial charge in [0.05, 0.1) is 239 Å². The number of aliphatic hydroxyl groups is 5. The van der Waals surface area contributed by atoms with Gasteiger partial charge in [-0.25, -0.2) is 14.7 Å². The molecule has 0 aliphatic carbocycles. The normalized spacial score (nSPS) is 14.1. The lowest BCUT2D eigenvalue weighted by molar-refractivity contribution is -0.194. The van der Waals surface area contributed by atoms with Gasteiger partial charge in [0.15, 0.2) is 25.2 Å². The first-order valence-electron chi connectivity index (χ1n) is 49.5. The number of ether oxygens (including phenoxy) is 24. The molecule has 1 aromatic heterocycles. The molecule has 1 aromatic carbocycles. The molecule has 6 amide bonds. The molecule has 1 saturated heterocycles. The minimum Gasteiger partial charge on any atom is -0.481 e. The van der Waals surface area contributed by atoms with Gasteiger partial charge in [-0.05, 0) is 106 Å². The predicted octanol–water partition coefficient (Wildman–Crippen LogP) is 2.42. The number of hydrogen-bond donors (Lipinski definition) is 11. The van der Waals surface area contributed by atoms with E-state index in [0.717, 1.165) is 0 Å². The number of thioether (sulfide) groups is 1. The highest BCUT2D eigenvalue weighted by atomic mass is 127. The number of aliphatic hydroxyl groups excluding tert-OH is 5. The summed E-state index contributed by atoms with van der Waals surface area (Å²) in [5.74, 6) is -5.36. The molecule has 53 heteroatoms. The average Bonchev–Trinajstić information content (AvgIpc) is 1.27. The number of carbonyl (C=O) groups excluding carboxylic acids is 10. The van der Waals surface area contributed by atoms with Crippen LogP contribution in [0.3, 0.4) is 0 Å². The van der Waals surface area contributed by atoms with Gasteiger partial charge in [-0.2, -0.15) is 0 Å². The fraction of sp³-hybridized carbons (Fsp3) is 0.771. The van der Waals surface area contributed by atoms with Crippen LogP contribution >= 0.6 is 34.4 Å². The second kappa shape index (κ2) is 95.0. The van der Waals surface area contributed by atoms with E-state index in [-0.39, 0.29) is 201 Å². The number of amides is 6. The number of aryl methyl sites for hydroxylation is 1. The number of likely N-dealkylation sites (tertiary alicyclic amines) is 1. The quantitative estimate of drug-likeness (QED) is 0.00861. The third-order valence-electron chi connectivity index (χ3n) is 20.3. The van der Waals surface area contributed by atoms with E-state index in [1.165, 1.54) is 88.8 Å². The number of methoxy groups -OCH3 is 4. The monoisotopic (exact) mass is 2280 g/mol. The van der Waals surface area contributed by atoms with E-state index in [2.05, 4.69) is 26.7 Å². The zero-order valence-corrected chi connectivity index (χ0v) is 91.2. The first-order chi connectivity index (χ1) is 71.9. The van der Waals surface area contributed by atoms with Crippen molar-refractivity contribution in [3.05, 3.63) is 55.1 Å². The summed E-state index contributed by atoms with van der Waals surface area (Å²) in [5, 5.41) is 63.3. The Morgan fingerprint density at radius 3 is 1.23 bits per heavy atom. The van der Waals surface area contributed by atoms with Gasteiger partial charge in [-0.1, -0.05) is 27.7 Å². The largest absolute Gasteiger partial charge is 0.481 e. The second-order valence-corrected chi connectivity index (χ2v) is 34.3. The SMILES string of the molecule is CCC(CO)OC(CO)OC.CCC(CO)OC(COC(=O)CCCC(=O)NCCSC1CC(=O)N(CCOCCOCCOCCOCCOCCOCCOCCOCCOCCOCCOCCOCCC(=O)NC)C1=O)OC.CCC(CO)OC(COC(=O)CCCC(=O)N[C@@H](C)C(=O)OCCONC(=O)c1cc(C)c(=O)n(C)c1Nc1ccc(I)cc1F)OC.CCC(CO)OC(COC(=O)CCCC(=O)O)OC. The molecule has 1 aliphatic heterocycles.